The average molecular weight is 458 g/mol. The van der Waals surface area contributed by atoms with E-state index in [1.54, 1.807) is 17.6 Å². The van der Waals surface area contributed by atoms with E-state index < -0.39 is 5.54 Å². The zero-order chi connectivity index (χ0) is 22.3. The molecule has 3 rings (SSSR count). The molecule has 0 radical (unpaired) electrons. The maximum Gasteiger partial charge on any atom is 0.333 e. The first-order valence-corrected chi connectivity index (χ1v) is 11.7. The standard InChI is InChI=1S/C24H28ClN3O2S/c1-4-5-12-22-26-15-19(28(22)17-18-9-6-7-11-21(18)25)16-27-24(2,23(29)30-3)14-20-10-8-13-31-20/h6-11,13,15-16H,4-5,12,14,17H2,1-3H3/t24-/m0/s1. The molecule has 31 heavy (non-hydrogen) atoms. The molecule has 1 atom stereocenters. The van der Waals surface area contributed by atoms with Crippen LogP contribution in [-0.4, -0.2) is 34.4 Å². The van der Waals surface area contributed by atoms with Crippen LogP contribution >= 0.6 is 22.9 Å². The van der Waals surface area contributed by atoms with Crippen molar-refractivity contribution in [1.82, 2.24) is 9.55 Å². The SMILES string of the molecule is CCCCc1ncc(C=N[C@@](C)(Cc2cccs2)C(=O)OC)n1Cc1ccccc1Cl. The van der Waals surface area contributed by atoms with Crippen LogP contribution in [0.25, 0.3) is 0 Å². The fraction of sp³-hybridized carbons (Fsp3) is 0.375. The van der Waals surface area contributed by atoms with Crippen LogP contribution in [0.2, 0.25) is 5.02 Å². The zero-order valence-corrected chi connectivity index (χ0v) is 19.7. The number of benzene rings is 1. The second-order valence-corrected chi connectivity index (χ2v) is 9.10. The average Bonchev–Trinajstić information content (AvgIpc) is 3.41. The monoisotopic (exact) mass is 457 g/mol. The highest BCUT2D eigenvalue weighted by Crippen LogP contribution is 2.24. The van der Waals surface area contributed by atoms with Crippen molar-refractivity contribution in [3.63, 3.8) is 0 Å². The van der Waals surface area contributed by atoms with Gasteiger partial charge in [-0.15, -0.1) is 11.3 Å². The van der Waals surface area contributed by atoms with Crippen molar-refractivity contribution in [2.24, 2.45) is 4.99 Å². The molecule has 0 bridgehead atoms. The first-order chi connectivity index (χ1) is 15.0. The van der Waals surface area contributed by atoms with Crippen LogP contribution in [0.4, 0.5) is 0 Å². The van der Waals surface area contributed by atoms with E-state index in [2.05, 4.69) is 16.5 Å². The zero-order valence-electron chi connectivity index (χ0n) is 18.2. The summed E-state index contributed by atoms with van der Waals surface area (Å²) >= 11 is 8.02. The predicted molar refractivity (Wildman–Crippen MR) is 127 cm³/mol. The van der Waals surface area contributed by atoms with E-state index in [1.165, 1.54) is 7.11 Å². The van der Waals surface area contributed by atoms with Crippen LogP contribution in [0.1, 0.15) is 48.6 Å². The van der Waals surface area contributed by atoms with Gasteiger partial charge >= 0.3 is 5.97 Å². The number of imidazole rings is 1. The molecule has 0 N–H and O–H groups in total. The van der Waals surface area contributed by atoms with E-state index in [9.17, 15) is 4.79 Å². The molecule has 0 aliphatic heterocycles. The Kier molecular flexibility index (Phi) is 8.04. The van der Waals surface area contributed by atoms with Gasteiger partial charge in [-0.05, 0) is 36.4 Å². The number of hydrogen-bond donors (Lipinski definition) is 0. The van der Waals surface area contributed by atoms with Gasteiger partial charge in [-0.1, -0.05) is 49.2 Å². The van der Waals surface area contributed by atoms with Crippen LogP contribution < -0.4 is 0 Å². The van der Waals surface area contributed by atoms with E-state index in [0.717, 1.165) is 46.2 Å². The Labute approximate surface area is 192 Å². The summed E-state index contributed by atoms with van der Waals surface area (Å²) in [5.41, 5.74) is 0.846. The molecule has 2 aromatic heterocycles. The number of carbonyl (C=O) groups is 1. The number of aromatic nitrogens is 2. The predicted octanol–water partition coefficient (Wildman–Crippen LogP) is 5.58. The number of aryl methyl sites for hydroxylation is 1. The van der Waals surface area contributed by atoms with Gasteiger partial charge in [0, 0.05) is 29.0 Å². The highest BCUT2D eigenvalue weighted by atomic mass is 35.5. The third-order valence-corrected chi connectivity index (χ3v) is 6.46. The van der Waals surface area contributed by atoms with Crippen molar-refractivity contribution in [3.8, 4) is 0 Å². The van der Waals surface area contributed by atoms with Gasteiger partial charge in [-0.3, -0.25) is 4.99 Å². The van der Waals surface area contributed by atoms with Gasteiger partial charge in [0.05, 0.1) is 25.5 Å². The molecule has 2 heterocycles. The molecular formula is C24H28ClN3O2S. The van der Waals surface area contributed by atoms with E-state index in [0.29, 0.717) is 13.0 Å². The van der Waals surface area contributed by atoms with Gasteiger partial charge in [0.1, 0.15) is 5.82 Å². The third-order valence-electron chi connectivity index (χ3n) is 5.21. The van der Waals surface area contributed by atoms with E-state index in [-0.39, 0.29) is 5.97 Å². The second kappa shape index (κ2) is 10.7. The summed E-state index contributed by atoms with van der Waals surface area (Å²) in [6.07, 6.45) is 7.05. The molecule has 3 aromatic rings. The smallest absolute Gasteiger partial charge is 0.333 e. The number of aliphatic imine (C=N–C) groups is 1. The number of methoxy groups -OCH3 is 1. The summed E-state index contributed by atoms with van der Waals surface area (Å²) in [5.74, 6) is 0.627. The molecule has 164 valence electrons. The Hall–Kier alpha value is -2.44. The minimum atomic E-state index is -1.01. The summed E-state index contributed by atoms with van der Waals surface area (Å²) in [7, 11) is 1.40. The summed E-state index contributed by atoms with van der Waals surface area (Å²) < 4.78 is 7.19. The fourth-order valence-electron chi connectivity index (χ4n) is 3.40. The van der Waals surface area contributed by atoms with Gasteiger partial charge in [-0.25, -0.2) is 9.78 Å². The molecule has 0 unspecified atom stereocenters. The van der Waals surface area contributed by atoms with Crippen LogP contribution in [-0.2, 0) is 28.9 Å². The van der Waals surface area contributed by atoms with Crippen molar-refractivity contribution in [3.05, 3.63) is 75.0 Å². The number of hydrogen-bond acceptors (Lipinski definition) is 5. The lowest BCUT2D eigenvalue weighted by Gasteiger charge is -2.21. The molecule has 0 aliphatic rings. The Balaban J connectivity index is 1.94. The van der Waals surface area contributed by atoms with Crippen molar-refractivity contribution in [2.75, 3.05) is 7.11 Å². The number of nitrogens with zero attached hydrogens (tertiary/aromatic N) is 3. The van der Waals surface area contributed by atoms with Crippen molar-refractivity contribution < 1.29 is 9.53 Å². The fourth-order valence-corrected chi connectivity index (χ4v) is 4.45. The molecule has 7 heteroatoms. The normalized spacial score (nSPS) is 13.4. The number of esters is 1. The number of thiophene rings is 1. The minimum Gasteiger partial charge on any atom is -0.467 e. The molecule has 0 fully saturated rings. The van der Waals surface area contributed by atoms with E-state index in [1.807, 2.05) is 54.9 Å². The van der Waals surface area contributed by atoms with E-state index in [4.69, 9.17) is 21.3 Å². The minimum absolute atomic E-state index is 0.361. The maximum atomic E-state index is 12.6. The van der Waals surface area contributed by atoms with Crippen molar-refractivity contribution in [2.45, 2.75) is 51.6 Å². The highest BCUT2D eigenvalue weighted by molar-refractivity contribution is 7.09. The second-order valence-electron chi connectivity index (χ2n) is 7.66. The Bertz CT molecular complexity index is 1030. The molecular weight excluding hydrogens is 430 g/mol. The summed E-state index contributed by atoms with van der Waals surface area (Å²) in [6.45, 7) is 4.57. The molecule has 0 saturated heterocycles. The largest absolute Gasteiger partial charge is 0.467 e. The highest BCUT2D eigenvalue weighted by Gasteiger charge is 2.34. The summed E-state index contributed by atoms with van der Waals surface area (Å²) in [6, 6.07) is 11.8. The molecule has 0 spiro atoms. The molecule has 0 aliphatic carbocycles. The maximum absolute atomic E-state index is 12.6. The van der Waals surface area contributed by atoms with Gasteiger partial charge in [-0.2, -0.15) is 0 Å². The molecule has 1 aromatic carbocycles. The van der Waals surface area contributed by atoms with Gasteiger partial charge in [0.25, 0.3) is 0 Å². The number of halogens is 1. The quantitative estimate of drug-likeness (QED) is 0.295. The van der Waals surface area contributed by atoms with Crippen LogP contribution in [0.5, 0.6) is 0 Å². The Morgan fingerprint density at radius 2 is 2.13 bits per heavy atom. The number of ether oxygens (including phenoxy) is 1. The molecule has 5 nitrogen and oxygen atoms in total. The van der Waals surface area contributed by atoms with Crippen molar-refractivity contribution >= 4 is 35.1 Å². The molecule has 0 saturated carbocycles. The summed E-state index contributed by atoms with van der Waals surface area (Å²) in [5, 5.41) is 2.72. The van der Waals surface area contributed by atoms with Gasteiger partial charge in [0.2, 0.25) is 0 Å². The summed E-state index contributed by atoms with van der Waals surface area (Å²) in [4.78, 5) is 23.0. The van der Waals surface area contributed by atoms with Crippen molar-refractivity contribution in [1.29, 1.82) is 0 Å². The third kappa shape index (κ3) is 5.83. The lowest BCUT2D eigenvalue weighted by Crippen LogP contribution is -2.37. The van der Waals surface area contributed by atoms with E-state index >= 15 is 0 Å². The Morgan fingerprint density at radius 3 is 2.81 bits per heavy atom. The molecule has 0 amide bonds. The number of unbranched alkanes of at least 4 members (excludes halogenated alkanes) is 1. The first kappa shape index (κ1) is 23.2. The number of carbonyl (C=O) groups excluding carboxylic acids is 1. The number of rotatable bonds is 10. The van der Waals surface area contributed by atoms with Gasteiger partial charge in [0.15, 0.2) is 5.54 Å². The van der Waals surface area contributed by atoms with Gasteiger partial charge < -0.3 is 9.30 Å². The lowest BCUT2D eigenvalue weighted by molar-refractivity contribution is -0.146. The van der Waals surface area contributed by atoms with Crippen LogP contribution in [0.15, 0.2) is 53.0 Å². The first-order valence-electron chi connectivity index (χ1n) is 10.4. The topological polar surface area (TPSA) is 56.5 Å². The Morgan fingerprint density at radius 1 is 1.32 bits per heavy atom. The van der Waals surface area contributed by atoms with Crippen LogP contribution in [0, 0.1) is 0 Å². The van der Waals surface area contributed by atoms with Crippen LogP contribution in [0.3, 0.4) is 0 Å². The lowest BCUT2D eigenvalue weighted by atomic mass is 9.98.